The van der Waals surface area contributed by atoms with E-state index in [4.69, 9.17) is 14.5 Å². The predicted molar refractivity (Wildman–Crippen MR) is 112 cm³/mol. The van der Waals surface area contributed by atoms with Gasteiger partial charge in [0.1, 0.15) is 5.75 Å². The van der Waals surface area contributed by atoms with Gasteiger partial charge in [-0.3, -0.25) is 9.88 Å². The highest BCUT2D eigenvalue weighted by molar-refractivity contribution is 5.99. The van der Waals surface area contributed by atoms with E-state index in [0.717, 1.165) is 35.7 Å². The number of pyridine rings is 1. The molecular weight excluding hydrogens is 348 g/mol. The second-order valence-corrected chi connectivity index (χ2v) is 7.93. The molecule has 0 radical (unpaired) electrons. The Balaban J connectivity index is 1.74. The summed E-state index contributed by atoms with van der Waals surface area (Å²) >= 11 is 0. The highest BCUT2D eigenvalue weighted by Crippen LogP contribution is 2.42. The highest BCUT2D eigenvalue weighted by atomic mass is 16.7. The number of hydrogen-bond donors (Lipinski definition) is 0. The maximum absolute atomic E-state index is 5.99. The Morgan fingerprint density at radius 1 is 1.18 bits per heavy atom. The van der Waals surface area contributed by atoms with E-state index in [9.17, 15) is 0 Å². The molecule has 5 rings (SSSR count). The van der Waals surface area contributed by atoms with E-state index in [2.05, 4.69) is 54.3 Å². The Bertz CT molecular complexity index is 1030. The number of aromatic nitrogens is 1. The van der Waals surface area contributed by atoms with Crippen molar-refractivity contribution in [2.75, 3.05) is 20.4 Å². The lowest BCUT2D eigenvalue weighted by Gasteiger charge is -2.33. The normalized spacial score (nSPS) is 18.9. The Kier molecular flexibility index (Phi) is 4.53. The SMILES string of the molecule is COCOc1ccc2ccccc2c1-c1nc(C)cc2c1C[C@@H]1CCCN1C2. The molecule has 28 heavy (non-hydrogen) atoms. The van der Waals surface area contributed by atoms with Gasteiger partial charge in [-0.05, 0) is 66.8 Å². The van der Waals surface area contributed by atoms with Crippen LogP contribution in [0.2, 0.25) is 0 Å². The number of aryl methyl sites for hydroxylation is 1. The average molecular weight is 374 g/mol. The van der Waals surface area contributed by atoms with Gasteiger partial charge < -0.3 is 9.47 Å². The molecule has 0 N–H and O–H groups in total. The molecular formula is C24H26N2O2. The third-order valence-corrected chi connectivity index (χ3v) is 6.12. The van der Waals surface area contributed by atoms with Crippen LogP contribution < -0.4 is 4.74 Å². The number of hydrogen-bond acceptors (Lipinski definition) is 4. The average Bonchev–Trinajstić information content (AvgIpc) is 3.17. The van der Waals surface area contributed by atoms with Gasteiger partial charge in [0.15, 0.2) is 6.79 Å². The van der Waals surface area contributed by atoms with Gasteiger partial charge in [-0.15, -0.1) is 0 Å². The minimum absolute atomic E-state index is 0.232. The van der Waals surface area contributed by atoms with Gasteiger partial charge in [-0.25, -0.2) is 0 Å². The lowest BCUT2D eigenvalue weighted by molar-refractivity contribution is 0.0516. The van der Waals surface area contributed by atoms with E-state index in [1.54, 1.807) is 7.11 Å². The molecule has 0 spiro atoms. The summed E-state index contributed by atoms with van der Waals surface area (Å²) in [6.07, 6.45) is 3.66. The first-order chi connectivity index (χ1) is 13.7. The van der Waals surface area contributed by atoms with Gasteiger partial charge in [0.05, 0.1) is 11.3 Å². The molecule has 3 aromatic rings. The Hall–Kier alpha value is -2.43. The van der Waals surface area contributed by atoms with Crippen molar-refractivity contribution >= 4 is 10.8 Å². The van der Waals surface area contributed by atoms with Gasteiger partial charge in [-0.1, -0.05) is 30.3 Å². The molecule has 4 nitrogen and oxygen atoms in total. The summed E-state index contributed by atoms with van der Waals surface area (Å²) in [6, 6.07) is 15.6. The van der Waals surface area contributed by atoms with E-state index in [-0.39, 0.29) is 6.79 Å². The number of benzene rings is 2. The molecule has 0 saturated carbocycles. The summed E-state index contributed by atoms with van der Waals surface area (Å²) in [5.74, 6) is 0.842. The smallest absolute Gasteiger partial charge is 0.188 e. The van der Waals surface area contributed by atoms with Crippen LogP contribution in [0.1, 0.15) is 29.7 Å². The van der Waals surface area contributed by atoms with Crippen LogP contribution in [-0.4, -0.2) is 36.4 Å². The number of fused-ring (bicyclic) bond motifs is 3. The minimum Gasteiger partial charge on any atom is -0.467 e. The molecule has 0 aliphatic carbocycles. The van der Waals surface area contributed by atoms with Crippen LogP contribution in [0.4, 0.5) is 0 Å². The molecule has 4 heteroatoms. The van der Waals surface area contributed by atoms with Crippen molar-refractivity contribution in [3.8, 4) is 17.0 Å². The van der Waals surface area contributed by atoms with Crippen LogP contribution in [0, 0.1) is 6.92 Å². The molecule has 2 aliphatic rings. The molecule has 2 aromatic carbocycles. The van der Waals surface area contributed by atoms with Gasteiger partial charge >= 0.3 is 0 Å². The third kappa shape index (κ3) is 2.97. The van der Waals surface area contributed by atoms with Gasteiger partial charge in [0.25, 0.3) is 0 Å². The summed E-state index contributed by atoms with van der Waals surface area (Å²) in [4.78, 5) is 7.69. The fourth-order valence-corrected chi connectivity index (χ4v) is 4.87. The lowest BCUT2D eigenvalue weighted by atomic mass is 9.88. The molecule has 1 aromatic heterocycles. The quantitative estimate of drug-likeness (QED) is 0.619. The number of methoxy groups -OCH3 is 1. The first-order valence-corrected chi connectivity index (χ1v) is 10.1. The number of rotatable bonds is 4. The minimum atomic E-state index is 0.232. The van der Waals surface area contributed by atoms with E-state index < -0.39 is 0 Å². The zero-order valence-corrected chi connectivity index (χ0v) is 16.6. The van der Waals surface area contributed by atoms with Crippen molar-refractivity contribution in [2.45, 2.75) is 38.8 Å². The monoisotopic (exact) mass is 374 g/mol. The number of ether oxygens (including phenoxy) is 2. The van der Waals surface area contributed by atoms with Crippen LogP contribution in [0.3, 0.4) is 0 Å². The zero-order chi connectivity index (χ0) is 19.1. The Labute approximate surface area is 166 Å². The molecule has 1 atom stereocenters. The number of nitrogens with zero attached hydrogens (tertiary/aromatic N) is 2. The second kappa shape index (κ2) is 7.19. The van der Waals surface area contributed by atoms with E-state index in [0.29, 0.717) is 6.04 Å². The molecule has 3 heterocycles. The van der Waals surface area contributed by atoms with Crippen molar-refractivity contribution in [3.63, 3.8) is 0 Å². The molecule has 1 saturated heterocycles. The fraction of sp³-hybridized carbons (Fsp3) is 0.375. The standard InChI is InChI=1S/C24H26N2O2/c1-16-12-18-14-26-11-5-7-19(26)13-21(18)24(25-16)23-20-8-4-3-6-17(20)9-10-22(23)28-15-27-2/h3-4,6,8-10,12,19H,5,7,11,13-15H2,1-2H3/t19-/m0/s1. The summed E-state index contributed by atoms with van der Waals surface area (Å²) in [5, 5.41) is 2.39. The molecule has 1 fully saturated rings. The van der Waals surface area contributed by atoms with Gasteiger partial charge in [0.2, 0.25) is 0 Å². The maximum atomic E-state index is 5.99. The molecule has 2 aliphatic heterocycles. The highest BCUT2D eigenvalue weighted by Gasteiger charge is 2.32. The van der Waals surface area contributed by atoms with Crippen molar-refractivity contribution in [1.29, 1.82) is 0 Å². The molecule has 0 unspecified atom stereocenters. The summed E-state index contributed by atoms with van der Waals surface area (Å²) in [6.45, 7) is 4.59. The summed E-state index contributed by atoms with van der Waals surface area (Å²) in [7, 11) is 1.65. The fourth-order valence-electron chi connectivity index (χ4n) is 4.87. The summed E-state index contributed by atoms with van der Waals surface area (Å²) in [5.41, 5.74) is 6.07. The maximum Gasteiger partial charge on any atom is 0.188 e. The third-order valence-electron chi connectivity index (χ3n) is 6.12. The van der Waals surface area contributed by atoms with Crippen LogP contribution >= 0.6 is 0 Å². The van der Waals surface area contributed by atoms with E-state index >= 15 is 0 Å². The molecule has 0 amide bonds. The Morgan fingerprint density at radius 2 is 2.07 bits per heavy atom. The Morgan fingerprint density at radius 3 is 2.96 bits per heavy atom. The largest absolute Gasteiger partial charge is 0.467 e. The van der Waals surface area contributed by atoms with Crippen molar-refractivity contribution in [2.24, 2.45) is 0 Å². The van der Waals surface area contributed by atoms with Crippen LogP contribution in [0.5, 0.6) is 5.75 Å². The van der Waals surface area contributed by atoms with Gasteiger partial charge in [0, 0.05) is 25.4 Å². The topological polar surface area (TPSA) is 34.6 Å². The predicted octanol–water partition coefficient (Wildman–Crippen LogP) is 4.71. The molecule has 144 valence electrons. The lowest BCUT2D eigenvalue weighted by Crippen LogP contribution is -2.35. The second-order valence-electron chi connectivity index (χ2n) is 7.93. The van der Waals surface area contributed by atoms with Gasteiger partial charge in [-0.2, -0.15) is 0 Å². The summed E-state index contributed by atoms with van der Waals surface area (Å²) < 4.78 is 11.2. The van der Waals surface area contributed by atoms with Crippen LogP contribution in [0.25, 0.3) is 22.0 Å². The van der Waals surface area contributed by atoms with E-state index in [1.807, 2.05) is 0 Å². The first kappa shape index (κ1) is 17.7. The van der Waals surface area contributed by atoms with Crippen LogP contribution in [0.15, 0.2) is 42.5 Å². The first-order valence-electron chi connectivity index (χ1n) is 10.1. The van der Waals surface area contributed by atoms with Crippen molar-refractivity contribution in [1.82, 2.24) is 9.88 Å². The zero-order valence-electron chi connectivity index (χ0n) is 16.6. The molecule has 0 bridgehead atoms. The van der Waals surface area contributed by atoms with Crippen LogP contribution in [-0.2, 0) is 17.7 Å². The van der Waals surface area contributed by atoms with Crippen molar-refractivity contribution < 1.29 is 9.47 Å². The van der Waals surface area contributed by atoms with E-state index in [1.165, 1.54) is 41.3 Å². The van der Waals surface area contributed by atoms with Crippen molar-refractivity contribution in [3.05, 3.63) is 59.3 Å².